The molecule has 4 aromatic carbocycles. The van der Waals surface area contributed by atoms with Gasteiger partial charge in [-0.25, -0.2) is 8.78 Å². The van der Waals surface area contributed by atoms with Gasteiger partial charge in [0.1, 0.15) is 12.8 Å². The second-order valence-electron chi connectivity index (χ2n) is 11.2. The molecule has 0 N–H and O–H groups in total. The number of nitrogens with zero attached hydrogens (tertiary/aromatic N) is 3. The van der Waals surface area contributed by atoms with E-state index < -0.39 is 29.3 Å². The van der Waals surface area contributed by atoms with Crippen molar-refractivity contribution in [1.82, 2.24) is 9.58 Å². The number of rotatable bonds is 4. The second kappa shape index (κ2) is 11.0. The molecular weight excluding hydrogens is 596 g/mol. The van der Waals surface area contributed by atoms with Gasteiger partial charge < -0.3 is 14.4 Å². The Morgan fingerprint density at radius 2 is 1.71 bits per heavy atom. The number of fused-ring (bicyclic) bond motifs is 6. The first kappa shape index (κ1) is 27.8. The van der Waals surface area contributed by atoms with Crippen LogP contribution >= 0.6 is 11.8 Å². The number of aromatic nitrogens is 1. The van der Waals surface area contributed by atoms with E-state index in [1.54, 1.807) is 21.8 Å². The van der Waals surface area contributed by atoms with Crippen LogP contribution < -0.4 is 15.2 Å². The average Bonchev–Trinajstić information content (AvgIpc) is 3.24. The maximum absolute atomic E-state index is 15.6. The van der Waals surface area contributed by atoms with Gasteiger partial charge in [0.05, 0.1) is 19.3 Å². The fourth-order valence-electron chi connectivity index (χ4n) is 6.63. The molecule has 45 heavy (non-hydrogen) atoms. The monoisotopic (exact) mass is 623 g/mol. The molecule has 3 aliphatic heterocycles. The van der Waals surface area contributed by atoms with E-state index in [4.69, 9.17) is 9.47 Å². The van der Waals surface area contributed by atoms with E-state index in [1.807, 2.05) is 71.7 Å². The Bertz CT molecular complexity index is 2040. The van der Waals surface area contributed by atoms with Crippen LogP contribution in [-0.2, 0) is 17.1 Å². The summed E-state index contributed by atoms with van der Waals surface area (Å²) in [6.45, 7) is 0.890. The predicted octanol–water partition coefficient (Wildman–Crippen LogP) is 6.00. The molecule has 1 unspecified atom stereocenters. The van der Waals surface area contributed by atoms with Gasteiger partial charge in [-0.1, -0.05) is 72.8 Å². The zero-order valence-electron chi connectivity index (χ0n) is 24.0. The minimum Gasteiger partial charge on any atom is -0.482 e. The van der Waals surface area contributed by atoms with E-state index in [2.05, 4.69) is 0 Å². The largest absolute Gasteiger partial charge is 0.482 e. The van der Waals surface area contributed by atoms with Gasteiger partial charge in [-0.2, -0.15) is 0 Å². The van der Waals surface area contributed by atoms with E-state index in [0.717, 1.165) is 32.9 Å². The number of morpholine rings is 1. The van der Waals surface area contributed by atoms with Gasteiger partial charge in [-0.05, 0) is 33.5 Å². The van der Waals surface area contributed by atoms with Crippen LogP contribution in [0.3, 0.4) is 0 Å². The van der Waals surface area contributed by atoms with Gasteiger partial charge in [0.2, 0.25) is 5.43 Å². The van der Waals surface area contributed by atoms with Crippen molar-refractivity contribution in [3.8, 4) is 5.75 Å². The predicted molar refractivity (Wildman–Crippen MR) is 167 cm³/mol. The summed E-state index contributed by atoms with van der Waals surface area (Å²) >= 11 is 1.47. The van der Waals surface area contributed by atoms with E-state index >= 15 is 4.39 Å². The third kappa shape index (κ3) is 4.50. The van der Waals surface area contributed by atoms with Gasteiger partial charge in [0.25, 0.3) is 5.91 Å². The summed E-state index contributed by atoms with van der Waals surface area (Å²) in [5.74, 6) is -2.00. The highest BCUT2D eigenvalue weighted by Crippen LogP contribution is 2.47. The van der Waals surface area contributed by atoms with Crippen LogP contribution in [0.15, 0.2) is 101 Å². The Morgan fingerprint density at radius 3 is 2.58 bits per heavy atom. The van der Waals surface area contributed by atoms with Crippen molar-refractivity contribution in [3.63, 3.8) is 0 Å². The molecule has 1 saturated heterocycles. The number of carbonyl (C=O) groups excluding carboxylic acids is 1. The molecule has 10 heteroatoms. The third-order valence-electron chi connectivity index (χ3n) is 8.74. The number of hydrogen-bond acceptors (Lipinski definition) is 6. The molecule has 226 valence electrons. The van der Waals surface area contributed by atoms with Crippen LogP contribution in [0.1, 0.15) is 38.8 Å². The Balaban J connectivity index is 1.38. The molecule has 1 amide bonds. The summed E-state index contributed by atoms with van der Waals surface area (Å²) in [6.07, 6.45) is 0.964. The van der Waals surface area contributed by atoms with Gasteiger partial charge >= 0.3 is 0 Å². The zero-order chi connectivity index (χ0) is 30.7. The highest BCUT2D eigenvalue weighted by atomic mass is 32.2. The lowest BCUT2D eigenvalue weighted by atomic mass is 9.91. The maximum atomic E-state index is 15.6. The van der Waals surface area contributed by atoms with Crippen molar-refractivity contribution < 1.29 is 23.0 Å². The Morgan fingerprint density at radius 1 is 0.911 bits per heavy atom. The van der Waals surface area contributed by atoms with E-state index in [0.29, 0.717) is 12.2 Å². The van der Waals surface area contributed by atoms with E-state index in [9.17, 15) is 14.0 Å². The first-order valence-electron chi connectivity index (χ1n) is 14.7. The fraction of sp³-hybridized carbons (Fsp3) is 0.200. The van der Waals surface area contributed by atoms with Crippen LogP contribution in [0.25, 0.3) is 10.8 Å². The van der Waals surface area contributed by atoms with Crippen LogP contribution in [0, 0.1) is 11.6 Å². The van der Waals surface area contributed by atoms with Crippen molar-refractivity contribution in [2.75, 3.05) is 24.8 Å². The lowest BCUT2D eigenvalue weighted by Crippen LogP contribution is -2.66. The van der Waals surface area contributed by atoms with Crippen molar-refractivity contribution in [2.45, 2.75) is 29.5 Å². The summed E-state index contributed by atoms with van der Waals surface area (Å²) in [5.41, 5.74) is 2.21. The summed E-state index contributed by atoms with van der Waals surface area (Å²) in [7, 11) is 0. The fourth-order valence-corrected chi connectivity index (χ4v) is 7.90. The van der Waals surface area contributed by atoms with Gasteiger partial charge in [0.15, 0.2) is 23.1 Å². The summed E-state index contributed by atoms with van der Waals surface area (Å²) in [6, 6.07) is 24.9. The molecule has 4 heterocycles. The first-order chi connectivity index (χ1) is 22.0. The Kier molecular flexibility index (Phi) is 6.84. The Labute approximate surface area is 261 Å². The van der Waals surface area contributed by atoms with Crippen molar-refractivity contribution in [2.24, 2.45) is 0 Å². The molecule has 5 aromatic rings. The van der Waals surface area contributed by atoms with Crippen molar-refractivity contribution in [1.29, 1.82) is 0 Å². The number of halogens is 2. The SMILES string of the molecule is O=C1c2c(OCc3ccccc3)c(=O)ccn2N(C2c3ccc(F)c(F)c3CSc3c2ccc2ccccc32)[C@H]2COCCN12. The smallest absolute Gasteiger partial charge is 0.278 e. The number of carbonyl (C=O) groups is 1. The van der Waals surface area contributed by atoms with Crippen molar-refractivity contribution >= 4 is 28.4 Å². The summed E-state index contributed by atoms with van der Waals surface area (Å²) in [4.78, 5) is 30.1. The molecule has 7 nitrogen and oxygen atoms in total. The molecule has 1 aromatic heterocycles. The standard InChI is InChI=1S/C35H27F2N3O4S/c36-27-13-12-24-26(30(27)37)20-45-34-23-9-5-4-8-22(23)10-11-25(34)31(24)40-29-19-43-17-16-38(29)35(42)32-33(28(41)14-15-39(32)40)44-18-21-6-2-1-3-7-21/h1-15,29,31H,16-20H2/t29-,31?/m0/s1. The lowest BCUT2D eigenvalue weighted by Gasteiger charge is -2.51. The highest BCUT2D eigenvalue weighted by molar-refractivity contribution is 7.98. The molecule has 2 atom stereocenters. The summed E-state index contributed by atoms with van der Waals surface area (Å²) < 4.78 is 44.1. The first-order valence-corrected chi connectivity index (χ1v) is 15.7. The number of amides is 1. The number of benzene rings is 4. The summed E-state index contributed by atoms with van der Waals surface area (Å²) in [5, 5.41) is 3.98. The zero-order valence-corrected chi connectivity index (χ0v) is 24.8. The van der Waals surface area contributed by atoms with Gasteiger partial charge in [-0.3, -0.25) is 19.3 Å². The highest BCUT2D eigenvalue weighted by Gasteiger charge is 2.46. The minimum atomic E-state index is -0.916. The molecule has 0 saturated carbocycles. The number of hydrogen-bond donors (Lipinski definition) is 0. The van der Waals surface area contributed by atoms with Crippen LogP contribution in [-0.4, -0.2) is 41.4 Å². The molecule has 8 rings (SSSR count). The molecule has 0 aliphatic carbocycles. The molecule has 0 radical (unpaired) electrons. The second-order valence-corrected chi connectivity index (χ2v) is 12.2. The minimum absolute atomic E-state index is 0.0615. The molecular formula is C35H27F2N3O4S. The number of thioether (sulfide) groups is 1. The van der Waals surface area contributed by atoms with Crippen LogP contribution in [0.5, 0.6) is 5.75 Å². The number of pyridine rings is 1. The lowest BCUT2D eigenvalue weighted by molar-refractivity contribution is -0.0199. The third-order valence-corrected chi connectivity index (χ3v) is 9.92. The molecule has 3 aliphatic rings. The normalized spacial score (nSPS) is 18.9. The van der Waals surface area contributed by atoms with Gasteiger partial charge in [0, 0.05) is 35.0 Å². The topological polar surface area (TPSA) is 64.0 Å². The van der Waals surface area contributed by atoms with Crippen LogP contribution in [0.2, 0.25) is 0 Å². The Hall–Kier alpha value is -4.67. The average molecular weight is 624 g/mol. The van der Waals surface area contributed by atoms with Crippen LogP contribution in [0.4, 0.5) is 8.78 Å². The maximum Gasteiger partial charge on any atom is 0.278 e. The number of ether oxygens (including phenoxy) is 2. The van der Waals surface area contributed by atoms with E-state index in [1.165, 1.54) is 17.8 Å². The molecule has 0 spiro atoms. The van der Waals surface area contributed by atoms with Crippen molar-refractivity contribution in [3.05, 3.63) is 141 Å². The molecule has 1 fully saturated rings. The molecule has 0 bridgehead atoms. The van der Waals surface area contributed by atoms with E-state index in [-0.39, 0.29) is 48.4 Å². The quantitative estimate of drug-likeness (QED) is 0.245. The van der Waals surface area contributed by atoms with Gasteiger partial charge in [-0.15, -0.1) is 11.8 Å².